The molecule has 2 rings (SSSR count). The summed E-state index contributed by atoms with van der Waals surface area (Å²) in [4.78, 5) is 2.56. The molecule has 0 radical (unpaired) electrons. The molecule has 0 aromatic heterocycles. The number of rotatable bonds is 4. The summed E-state index contributed by atoms with van der Waals surface area (Å²) in [6, 6.07) is 0.649. The highest BCUT2D eigenvalue weighted by Gasteiger charge is 2.48. The third-order valence-electron chi connectivity index (χ3n) is 3.94. The van der Waals surface area contributed by atoms with Crippen molar-refractivity contribution in [3.63, 3.8) is 0 Å². The fourth-order valence-corrected chi connectivity index (χ4v) is 2.86. The highest BCUT2D eigenvalue weighted by Crippen LogP contribution is 2.49. The van der Waals surface area contributed by atoms with Crippen LogP contribution in [0.25, 0.3) is 0 Å². The molecule has 2 aliphatic rings. The minimum Gasteiger partial charge on any atom is -0.396 e. The zero-order valence-electron chi connectivity index (χ0n) is 8.63. The summed E-state index contributed by atoms with van der Waals surface area (Å²) in [5, 5.41) is 8.91. The Labute approximate surface area is 80.9 Å². The third kappa shape index (κ3) is 1.62. The summed E-state index contributed by atoms with van der Waals surface area (Å²) in [6.45, 7) is 5.20. The minimum absolute atomic E-state index is 0.349. The van der Waals surface area contributed by atoms with Crippen LogP contribution in [0.2, 0.25) is 0 Å². The number of likely N-dealkylation sites (tertiary alicyclic amines) is 1. The fraction of sp³-hybridized carbons (Fsp3) is 1.00. The Balaban J connectivity index is 1.76. The molecule has 2 heteroatoms. The number of aliphatic hydroxyl groups excluding tert-OH is 1. The van der Waals surface area contributed by atoms with Gasteiger partial charge >= 0.3 is 0 Å². The molecule has 1 spiro atoms. The van der Waals surface area contributed by atoms with Gasteiger partial charge in [-0.25, -0.2) is 0 Å². The van der Waals surface area contributed by atoms with Crippen molar-refractivity contribution in [2.75, 3.05) is 19.7 Å². The van der Waals surface area contributed by atoms with Crippen molar-refractivity contribution < 1.29 is 5.11 Å². The van der Waals surface area contributed by atoms with Gasteiger partial charge in [-0.15, -0.1) is 0 Å². The molecule has 1 heterocycles. The van der Waals surface area contributed by atoms with Gasteiger partial charge in [-0.1, -0.05) is 13.3 Å². The highest BCUT2D eigenvalue weighted by molar-refractivity contribution is 5.01. The SMILES string of the molecule is CCC(CCO)N1CC2(CCC2)C1. The monoisotopic (exact) mass is 183 g/mol. The predicted octanol–water partition coefficient (Wildman–Crippen LogP) is 1.63. The second-order valence-corrected chi connectivity index (χ2v) is 4.83. The number of nitrogens with zero attached hydrogens (tertiary/aromatic N) is 1. The fourth-order valence-electron chi connectivity index (χ4n) is 2.86. The summed E-state index contributed by atoms with van der Waals surface area (Å²) >= 11 is 0. The molecule has 76 valence electrons. The molecule has 0 aromatic carbocycles. The summed E-state index contributed by atoms with van der Waals surface area (Å²) in [6.07, 6.45) is 6.52. The maximum absolute atomic E-state index is 8.91. The Morgan fingerprint density at radius 2 is 2.08 bits per heavy atom. The van der Waals surface area contributed by atoms with Gasteiger partial charge in [0.05, 0.1) is 0 Å². The van der Waals surface area contributed by atoms with Crippen molar-refractivity contribution in [2.45, 2.75) is 45.1 Å². The van der Waals surface area contributed by atoms with E-state index in [1.54, 1.807) is 0 Å². The van der Waals surface area contributed by atoms with Crippen molar-refractivity contribution in [1.29, 1.82) is 0 Å². The van der Waals surface area contributed by atoms with Gasteiger partial charge < -0.3 is 5.11 Å². The Kier molecular flexibility index (Phi) is 2.61. The van der Waals surface area contributed by atoms with Gasteiger partial charge in [0.25, 0.3) is 0 Å². The van der Waals surface area contributed by atoms with E-state index in [2.05, 4.69) is 11.8 Å². The van der Waals surface area contributed by atoms with Crippen LogP contribution in [0.5, 0.6) is 0 Å². The van der Waals surface area contributed by atoms with Crippen LogP contribution in [0, 0.1) is 5.41 Å². The van der Waals surface area contributed by atoms with E-state index in [0.717, 1.165) is 11.8 Å². The highest BCUT2D eigenvalue weighted by atomic mass is 16.3. The van der Waals surface area contributed by atoms with E-state index < -0.39 is 0 Å². The summed E-state index contributed by atoms with van der Waals surface area (Å²) in [7, 11) is 0. The van der Waals surface area contributed by atoms with Gasteiger partial charge in [-0.3, -0.25) is 4.90 Å². The minimum atomic E-state index is 0.349. The lowest BCUT2D eigenvalue weighted by molar-refractivity contribution is -0.0871. The van der Waals surface area contributed by atoms with Gasteiger partial charge in [-0.05, 0) is 31.1 Å². The average molecular weight is 183 g/mol. The topological polar surface area (TPSA) is 23.5 Å². The first-order valence-corrected chi connectivity index (χ1v) is 5.64. The van der Waals surface area contributed by atoms with E-state index in [9.17, 15) is 0 Å². The van der Waals surface area contributed by atoms with E-state index in [1.165, 1.54) is 38.8 Å². The van der Waals surface area contributed by atoms with Crippen LogP contribution in [0.1, 0.15) is 39.0 Å². The largest absolute Gasteiger partial charge is 0.396 e. The average Bonchev–Trinajstić information content (AvgIpc) is 1.97. The molecule has 2 nitrogen and oxygen atoms in total. The van der Waals surface area contributed by atoms with Crippen LogP contribution < -0.4 is 0 Å². The lowest BCUT2D eigenvalue weighted by Crippen LogP contribution is -2.62. The van der Waals surface area contributed by atoms with E-state index in [0.29, 0.717) is 12.6 Å². The molecule has 1 atom stereocenters. The second-order valence-electron chi connectivity index (χ2n) is 4.83. The van der Waals surface area contributed by atoms with E-state index in [4.69, 9.17) is 5.11 Å². The van der Waals surface area contributed by atoms with Gasteiger partial charge in [-0.2, -0.15) is 0 Å². The maximum atomic E-state index is 8.91. The molecule has 1 saturated heterocycles. The van der Waals surface area contributed by atoms with E-state index in [1.807, 2.05) is 0 Å². The Bertz CT molecular complexity index is 169. The normalized spacial score (nSPS) is 28.2. The zero-order valence-corrected chi connectivity index (χ0v) is 8.63. The number of aliphatic hydroxyl groups is 1. The van der Waals surface area contributed by atoms with Crippen LogP contribution in [-0.4, -0.2) is 35.7 Å². The standard InChI is InChI=1S/C11H21NO/c1-2-10(4-7-13)12-8-11(9-12)5-3-6-11/h10,13H,2-9H2,1H3. The van der Waals surface area contributed by atoms with Crippen LogP contribution in [-0.2, 0) is 0 Å². The predicted molar refractivity (Wildman–Crippen MR) is 53.6 cm³/mol. The Morgan fingerprint density at radius 1 is 1.38 bits per heavy atom. The molecule has 2 fully saturated rings. The molecule has 1 N–H and O–H groups in total. The molecule has 1 unspecified atom stereocenters. The first kappa shape index (κ1) is 9.47. The van der Waals surface area contributed by atoms with Crippen LogP contribution >= 0.6 is 0 Å². The summed E-state index contributed by atoms with van der Waals surface area (Å²) in [5.41, 5.74) is 0.739. The molecular weight excluding hydrogens is 162 g/mol. The molecule has 0 bridgehead atoms. The van der Waals surface area contributed by atoms with Crippen molar-refractivity contribution in [2.24, 2.45) is 5.41 Å². The van der Waals surface area contributed by atoms with Gasteiger partial charge in [0.1, 0.15) is 0 Å². The van der Waals surface area contributed by atoms with E-state index in [-0.39, 0.29) is 0 Å². The first-order valence-electron chi connectivity index (χ1n) is 5.64. The van der Waals surface area contributed by atoms with E-state index >= 15 is 0 Å². The third-order valence-corrected chi connectivity index (χ3v) is 3.94. The number of hydrogen-bond acceptors (Lipinski definition) is 2. The van der Waals surface area contributed by atoms with Crippen molar-refractivity contribution in [3.8, 4) is 0 Å². The quantitative estimate of drug-likeness (QED) is 0.716. The molecular formula is C11H21NO. The summed E-state index contributed by atoms with van der Waals surface area (Å²) < 4.78 is 0. The lowest BCUT2D eigenvalue weighted by Gasteiger charge is -2.58. The molecule has 13 heavy (non-hydrogen) atoms. The van der Waals surface area contributed by atoms with Crippen molar-refractivity contribution >= 4 is 0 Å². The lowest BCUT2D eigenvalue weighted by atomic mass is 9.63. The maximum Gasteiger partial charge on any atom is 0.0445 e. The Hall–Kier alpha value is -0.0800. The second kappa shape index (κ2) is 3.58. The van der Waals surface area contributed by atoms with Gasteiger partial charge in [0.2, 0.25) is 0 Å². The smallest absolute Gasteiger partial charge is 0.0445 e. The molecule has 1 aliphatic carbocycles. The van der Waals surface area contributed by atoms with Gasteiger partial charge in [0.15, 0.2) is 0 Å². The molecule has 0 amide bonds. The van der Waals surface area contributed by atoms with Crippen molar-refractivity contribution in [1.82, 2.24) is 4.90 Å². The Morgan fingerprint density at radius 3 is 2.46 bits per heavy atom. The van der Waals surface area contributed by atoms with Crippen LogP contribution in [0.15, 0.2) is 0 Å². The first-order chi connectivity index (χ1) is 6.29. The number of hydrogen-bond donors (Lipinski definition) is 1. The molecule has 0 aromatic rings. The molecule has 1 aliphatic heterocycles. The molecule has 1 saturated carbocycles. The van der Waals surface area contributed by atoms with Gasteiger partial charge in [0, 0.05) is 25.7 Å². The van der Waals surface area contributed by atoms with Crippen LogP contribution in [0.4, 0.5) is 0 Å². The van der Waals surface area contributed by atoms with Crippen molar-refractivity contribution in [3.05, 3.63) is 0 Å². The van der Waals surface area contributed by atoms with Crippen LogP contribution in [0.3, 0.4) is 0 Å². The summed E-state index contributed by atoms with van der Waals surface area (Å²) in [5.74, 6) is 0. The zero-order chi connectivity index (χ0) is 9.31.